The van der Waals surface area contributed by atoms with E-state index >= 15 is 0 Å². The predicted molar refractivity (Wildman–Crippen MR) is 77.7 cm³/mol. The molecule has 1 aliphatic heterocycles. The topological polar surface area (TPSA) is 67.9 Å². The van der Waals surface area contributed by atoms with Gasteiger partial charge in [-0.2, -0.15) is 0 Å². The Morgan fingerprint density at radius 1 is 1.29 bits per heavy atom. The van der Waals surface area contributed by atoms with Crippen molar-refractivity contribution in [2.75, 3.05) is 27.3 Å². The van der Waals surface area contributed by atoms with Crippen LogP contribution < -0.4 is 14.8 Å². The van der Waals surface area contributed by atoms with Gasteiger partial charge in [0, 0.05) is 13.1 Å². The quantitative estimate of drug-likeness (QED) is 0.904. The van der Waals surface area contributed by atoms with Gasteiger partial charge in [0.15, 0.2) is 11.5 Å². The van der Waals surface area contributed by atoms with Crippen molar-refractivity contribution in [2.24, 2.45) is 0 Å². The van der Waals surface area contributed by atoms with E-state index in [4.69, 9.17) is 9.47 Å². The van der Waals surface area contributed by atoms with Gasteiger partial charge in [-0.15, -0.1) is 0 Å². The fourth-order valence-corrected chi connectivity index (χ4v) is 2.46. The molecule has 1 saturated heterocycles. The van der Waals surface area contributed by atoms with Crippen LogP contribution in [0.15, 0.2) is 18.2 Å². The Morgan fingerprint density at radius 2 is 2.00 bits per heavy atom. The molecule has 2 rings (SSSR count). The molecule has 2 amide bonds. The number of nitrogens with one attached hydrogen (secondary N) is 1. The number of carbonyl (C=O) groups excluding carboxylic acids is 2. The van der Waals surface area contributed by atoms with E-state index in [0.29, 0.717) is 30.2 Å². The Labute approximate surface area is 124 Å². The standard InChI is InChI=1S/C15H20N2O4/c1-15(2)14(19)16-8-9-17(15)13(18)10-6-5-7-11(20-3)12(10)21-4/h5-7H,8-9H2,1-4H3,(H,16,19). The molecule has 0 radical (unpaired) electrons. The van der Waals surface area contributed by atoms with E-state index in [-0.39, 0.29) is 11.8 Å². The molecule has 1 heterocycles. The van der Waals surface area contributed by atoms with Crippen LogP contribution in [-0.4, -0.2) is 49.6 Å². The molecule has 114 valence electrons. The number of methoxy groups -OCH3 is 2. The molecule has 0 atom stereocenters. The number of carbonyl (C=O) groups is 2. The largest absolute Gasteiger partial charge is 0.493 e. The molecule has 0 saturated carbocycles. The van der Waals surface area contributed by atoms with Gasteiger partial charge >= 0.3 is 0 Å². The van der Waals surface area contributed by atoms with Crippen molar-refractivity contribution in [1.82, 2.24) is 10.2 Å². The zero-order valence-electron chi connectivity index (χ0n) is 12.7. The van der Waals surface area contributed by atoms with Gasteiger partial charge < -0.3 is 19.7 Å². The fourth-order valence-electron chi connectivity index (χ4n) is 2.46. The maximum Gasteiger partial charge on any atom is 0.258 e. The Morgan fingerprint density at radius 3 is 2.62 bits per heavy atom. The fraction of sp³-hybridized carbons (Fsp3) is 0.467. The Bertz CT molecular complexity index is 569. The Kier molecular flexibility index (Phi) is 4.06. The molecule has 6 nitrogen and oxygen atoms in total. The third kappa shape index (κ3) is 2.53. The molecule has 6 heteroatoms. The van der Waals surface area contributed by atoms with Crippen molar-refractivity contribution in [1.29, 1.82) is 0 Å². The van der Waals surface area contributed by atoms with Crippen molar-refractivity contribution in [3.05, 3.63) is 23.8 Å². The number of benzene rings is 1. The lowest BCUT2D eigenvalue weighted by Crippen LogP contribution is -2.63. The van der Waals surface area contributed by atoms with Gasteiger partial charge in [0.05, 0.1) is 19.8 Å². The van der Waals surface area contributed by atoms with E-state index in [0.717, 1.165) is 0 Å². The minimum absolute atomic E-state index is 0.163. The van der Waals surface area contributed by atoms with Gasteiger partial charge in [0.1, 0.15) is 5.54 Å². The van der Waals surface area contributed by atoms with E-state index in [1.54, 1.807) is 36.9 Å². The molecule has 0 aliphatic carbocycles. The third-order valence-corrected chi connectivity index (χ3v) is 3.73. The second kappa shape index (κ2) is 5.63. The number of nitrogens with zero attached hydrogens (tertiary/aromatic N) is 1. The van der Waals surface area contributed by atoms with Crippen LogP contribution in [0.3, 0.4) is 0 Å². The van der Waals surface area contributed by atoms with Crippen LogP contribution in [0.2, 0.25) is 0 Å². The highest BCUT2D eigenvalue weighted by atomic mass is 16.5. The van der Waals surface area contributed by atoms with Crippen LogP contribution in [0.1, 0.15) is 24.2 Å². The van der Waals surface area contributed by atoms with Crippen molar-refractivity contribution in [3.63, 3.8) is 0 Å². The number of amides is 2. The Balaban J connectivity index is 2.42. The van der Waals surface area contributed by atoms with Crippen LogP contribution >= 0.6 is 0 Å². The first-order chi connectivity index (χ1) is 9.93. The highest BCUT2D eigenvalue weighted by Gasteiger charge is 2.41. The molecule has 21 heavy (non-hydrogen) atoms. The van der Waals surface area contributed by atoms with Crippen LogP contribution in [0.25, 0.3) is 0 Å². The lowest BCUT2D eigenvalue weighted by Gasteiger charge is -2.41. The van der Waals surface area contributed by atoms with Crippen LogP contribution in [0.5, 0.6) is 11.5 Å². The summed E-state index contributed by atoms with van der Waals surface area (Å²) in [5, 5.41) is 2.77. The smallest absolute Gasteiger partial charge is 0.258 e. The number of piperazine rings is 1. The lowest BCUT2D eigenvalue weighted by molar-refractivity contribution is -0.133. The van der Waals surface area contributed by atoms with Crippen LogP contribution in [0, 0.1) is 0 Å². The third-order valence-electron chi connectivity index (χ3n) is 3.73. The highest BCUT2D eigenvalue weighted by Crippen LogP contribution is 2.33. The van der Waals surface area contributed by atoms with Crippen molar-refractivity contribution < 1.29 is 19.1 Å². The van der Waals surface area contributed by atoms with Crippen LogP contribution in [-0.2, 0) is 4.79 Å². The molecule has 0 aromatic heterocycles. The lowest BCUT2D eigenvalue weighted by atomic mass is 9.97. The Hall–Kier alpha value is -2.24. The molecular formula is C15H20N2O4. The van der Waals surface area contributed by atoms with Gasteiger partial charge in [0.2, 0.25) is 5.91 Å². The monoisotopic (exact) mass is 292 g/mol. The average Bonchev–Trinajstić information content (AvgIpc) is 2.48. The summed E-state index contributed by atoms with van der Waals surface area (Å²) in [5.74, 6) is 0.462. The molecule has 0 unspecified atom stereocenters. The van der Waals surface area contributed by atoms with Crippen LogP contribution in [0.4, 0.5) is 0 Å². The van der Waals surface area contributed by atoms with E-state index in [1.807, 2.05) is 0 Å². The maximum absolute atomic E-state index is 12.8. The van der Waals surface area contributed by atoms with Gasteiger partial charge in [-0.3, -0.25) is 9.59 Å². The summed E-state index contributed by atoms with van der Waals surface area (Å²) in [6.07, 6.45) is 0. The molecule has 1 aliphatic rings. The van der Waals surface area contributed by atoms with E-state index in [2.05, 4.69) is 5.32 Å². The summed E-state index contributed by atoms with van der Waals surface area (Å²) in [5.41, 5.74) is -0.511. The molecule has 1 N–H and O–H groups in total. The van der Waals surface area contributed by atoms with Gasteiger partial charge in [-0.1, -0.05) is 6.07 Å². The van der Waals surface area contributed by atoms with E-state index < -0.39 is 5.54 Å². The first kappa shape index (κ1) is 15.2. The average molecular weight is 292 g/mol. The summed E-state index contributed by atoms with van der Waals surface area (Å²) in [7, 11) is 3.01. The second-order valence-corrected chi connectivity index (χ2v) is 5.31. The molecule has 0 spiro atoms. The summed E-state index contributed by atoms with van der Waals surface area (Å²) >= 11 is 0. The van der Waals surface area contributed by atoms with Crippen molar-refractivity contribution in [2.45, 2.75) is 19.4 Å². The summed E-state index contributed by atoms with van der Waals surface area (Å²) in [6.45, 7) is 4.36. The molecule has 1 aromatic carbocycles. The van der Waals surface area contributed by atoms with Crippen molar-refractivity contribution in [3.8, 4) is 11.5 Å². The molecule has 1 fully saturated rings. The SMILES string of the molecule is COc1cccc(C(=O)N2CCNC(=O)C2(C)C)c1OC. The summed E-state index contributed by atoms with van der Waals surface area (Å²) in [4.78, 5) is 26.4. The first-order valence-electron chi connectivity index (χ1n) is 6.74. The van der Waals surface area contributed by atoms with E-state index in [9.17, 15) is 9.59 Å². The summed E-state index contributed by atoms with van der Waals surface area (Å²) < 4.78 is 10.5. The minimum atomic E-state index is -0.899. The number of hydrogen-bond donors (Lipinski definition) is 1. The molecular weight excluding hydrogens is 272 g/mol. The zero-order valence-corrected chi connectivity index (χ0v) is 12.7. The highest BCUT2D eigenvalue weighted by molar-refractivity contribution is 6.02. The number of hydrogen-bond acceptors (Lipinski definition) is 4. The normalized spacial score (nSPS) is 17.1. The maximum atomic E-state index is 12.8. The molecule has 1 aromatic rings. The number of ether oxygens (including phenoxy) is 2. The van der Waals surface area contributed by atoms with E-state index in [1.165, 1.54) is 14.2 Å². The molecule has 0 bridgehead atoms. The van der Waals surface area contributed by atoms with Gasteiger partial charge in [-0.25, -0.2) is 0 Å². The minimum Gasteiger partial charge on any atom is -0.493 e. The zero-order chi connectivity index (χ0) is 15.6. The summed E-state index contributed by atoms with van der Waals surface area (Å²) in [6, 6.07) is 5.13. The second-order valence-electron chi connectivity index (χ2n) is 5.31. The number of rotatable bonds is 3. The van der Waals surface area contributed by atoms with Gasteiger partial charge in [0.25, 0.3) is 5.91 Å². The van der Waals surface area contributed by atoms with Crippen molar-refractivity contribution >= 4 is 11.8 Å². The predicted octanol–water partition coefficient (Wildman–Crippen LogP) is 1.05. The first-order valence-corrected chi connectivity index (χ1v) is 6.74. The number of para-hydroxylation sites is 1. The van der Waals surface area contributed by atoms with Gasteiger partial charge in [-0.05, 0) is 26.0 Å².